The highest BCUT2D eigenvalue weighted by Crippen LogP contribution is 2.33. The lowest BCUT2D eigenvalue weighted by molar-refractivity contribution is -0.130. The molecule has 0 saturated heterocycles. The van der Waals surface area contributed by atoms with Crippen molar-refractivity contribution >= 4 is 16.8 Å². The minimum Gasteiger partial charge on any atom is -0.497 e. The number of methoxy groups -OCH3 is 1. The Bertz CT molecular complexity index is 1210. The van der Waals surface area contributed by atoms with Crippen molar-refractivity contribution < 1.29 is 18.3 Å². The first kappa shape index (κ1) is 20.7. The summed E-state index contributed by atoms with van der Waals surface area (Å²) in [5, 5.41) is 0.794. The number of hydrogen-bond acceptors (Lipinski definition) is 3. The van der Waals surface area contributed by atoms with Gasteiger partial charge >= 0.3 is 0 Å². The number of halogens is 1. The second kappa shape index (κ2) is 8.68. The zero-order valence-corrected chi connectivity index (χ0v) is 17.9. The summed E-state index contributed by atoms with van der Waals surface area (Å²) in [5.41, 5.74) is 3.61. The molecular weight excluding hydrogens is 395 g/mol. The summed E-state index contributed by atoms with van der Waals surface area (Å²) in [6.45, 7) is 2.29. The summed E-state index contributed by atoms with van der Waals surface area (Å²) in [6.07, 6.45) is 0.800. The summed E-state index contributed by atoms with van der Waals surface area (Å²) in [7, 11) is 3.39. The normalized spacial score (nSPS) is 11.1. The molecule has 4 aromatic rings. The van der Waals surface area contributed by atoms with Crippen molar-refractivity contribution in [3.8, 4) is 17.0 Å². The van der Waals surface area contributed by atoms with E-state index in [1.54, 1.807) is 25.1 Å². The number of aromatic amines is 1. The third kappa shape index (κ3) is 4.48. The van der Waals surface area contributed by atoms with Crippen molar-refractivity contribution in [2.75, 3.05) is 14.2 Å². The summed E-state index contributed by atoms with van der Waals surface area (Å²) in [5.74, 6) is 2.03. The van der Waals surface area contributed by atoms with Crippen molar-refractivity contribution in [2.45, 2.75) is 26.3 Å². The molecule has 0 atom stereocenters. The van der Waals surface area contributed by atoms with Crippen molar-refractivity contribution in [3.63, 3.8) is 0 Å². The summed E-state index contributed by atoms with van der Waals surface area (Å²) in [6, 6.07) is 16.1. The van der Waals surface area contributed by atoms with Crippen LogP contribution >= 0.6 is 0 Å². The lowest BCUT2D eigenvalue weighted by Gasteiger charge is -2.16. The second-order valence-electron chi connectivity index (χ2n) is 7.66. The summed E-state index contributed by atoms with van der Waals surface area (Å²) < 4.78 is 24.8. The highest BCUT2D eigenvalue weighted by atomic mass is 19.1. The van der Waals surface area contributed by atoms with E-state index in [4.69, 9.17) is 9.15 Å². The van der Waals surface area contributed by atoms with Crippen LogP contribution in [0.4, 0.5) is 4.39 Å². The van der Waals surface area contributed by atoms with Gasteiger partial charge in [-0.05, 0) is 79.1 Å². The molecule has 0 aliphatic rings. The molecule has 0 radical (unpaired) electrons. The molecule has 0 bridgehead atoms. The van der Waals surface area contributed by atoms with Crippen LogP contribution < -0.4 is 4.74 Å². The van der Waals surface area contributed by atoms with Crippen molar-refractivity contribution in [2.24, 2.45) is 0 Å². The SMILES string of the molecule is COc1ccc(-c2[nH]c3ccc(F)cc3c2CCC(=O)N(C)Cc2ccc(C)o2)cc1. The molecule has 160 valence electrons. The minimum atomic E-state index is -0.300. The number of furan rings is 1. The lowest BCUT2D eigenvalue weighted by atomic mass is 10.0. The number of aromatic nitrogens is 1. The molecule has 0 unspecified atom stereocenters. The predicted molar refractivity (Wildman–Crippen MR) is 118 cm³/mol. The molecule has 1 N–H and O–H groups in total. The highest BCUT2D eigenvalue weighted by molar-refractivity contribution is 5.91. The van der Waals surface area contributed by atoms with Crippen molar-refractivity contribution in [3.05, 3.63) is 77.5 Å². The van der Waals surface area contributed by atoms with Crippen LogP contribution in [0.2, 0.25) is 0 Å². The molecule has 0 saturated carbocycles. The fourth-order valence-electron chi connectivity index (χ4n) is 3.80. The number of carbonyl (C=O) groups is 1. The number of nitrogens with one attached hydrogen (secondary N) is 1. The van der Waals surface area contributed by atoms with Gasteiger partial charge in [-0.1, -0.05) is 0 Å². The number of H-pyrrole nitrogens is 1. The van der Waals surface area contributed by atoms with Gasteiger partial charge < -0.3 is 19.0 Å². The Morgan fingerprint density at radius 1 is 1.13 bits per heavy atom. The Labute approximate surface area is 180 Å². The number of rotatable bonds is 7. The maximum atomic E-state index is 14.0. The molecule has 2 aromatic heterocycles. The van der Waals surface area contributed by atoms with Gasteiger partial charge in [-0.15, -0.1) is 0 Å². The highest BCUT2D eigenvalue weighted by Gasteiger charge is 2.17. The van der Waals surface area contributed by atoms with Gasteiger partial charge in [0.15, 0.2) is 0 Å². The van der Waals surface area contributed by atoms with Crippen molar-refractivity contribution in [1.82, 2.24) is 9.88 Å². The Morgan fingerprint density at radius 2 is 1.90 bits per heavy atom. The van der Waals surface area contributed by atoms with E-state index in [9.17, 15) is 9.18 Å². The number of ether oxygens (including phenoxy) is 1. The summed E-state index contributed by atoms with van der Waals surface area (Å²) >= 11 is 0. The molecule has 0 fully saturated rings. The van der Waals surface area contributed by atoms with E-state index < -0.39 is 0 Å². The van der Waals surface area contributed by atoms with E-state index in [-0.39, 0.29) is 11.7 Å². The smallest absolute Gasteiger partial charge is 0.223 e. The zero-order valence-electron chi connectivity index (χ0n) is 17.9. The van der Waals surface area contributed by atoms with Crippen LogP contribution in [0.15, 0.2) is 59.0 Å². The molecule has 2 heterocycles. The molecular formula is C25H25FN2O3. The monoisotopic (exact) mass is 420 g/mol. The molecule has 6 heteroatoms. The Kier molecular flexibility index (Phi) is 5.80. The van der Waals surface area contributed by atoms with Crippen LogP contribution in [0.25, 0.3) is 22.2 Å². The van der Waals surface area contributed by atoms with Gasteiger partial charge in [-0.2, -0.15) is 0 Å². The molecule has 5 nitrogen and oxygen atoms in total. The first-order valence-corrected chi connectivity index (χ1v) is 10.2. The van der Waals surface area contributed by atoms with Crippen LogP contribution in [0.5, 0.6) is 5.75 Å². The number of benzene rings is 2. The zero-order chi connectivity index (χ0) is 22.0. The maximum absolute atomic E-state index is 14.0. The topological polar surface area (TPSA) is 58.5 Å². The fourth-order valence-corrected chi connectivity index (χ4v) is 3.80. The lowest BCUT2D eigenvalue weighted by Crippen LogP contribution is -2.26. The van der Waals surface area contributed by atoms with E-state index in [1.165, 1.54) is 12.1 Å². The first-order valence-electron chi connectivity index (χ1n) is 10.2. The third-order valence-electron chi connectivity index (χ3n) is 5.45. The van der Waals surface area contributed by atoms with Crippen molar-refractivity contribution in [1.29, 1.82) is 0 Å². The van der Waals surface area contributed by atoms with Gasteiger partial charge in [0.1, 0.15) is 23.1 Å². The molecule has 0 spiro atoms. The standard InChI is InChI=1S/C25H25FN2O3/c1-16-4-8-20(31-16)15-28(2)24(29)13-11-21-22-14-18(26)7-12-23(22)27-25(21)17-5-9-19(30-3)10-6-17/h4-10,12,14,27H,11,13,15H2,1-3H3. The number of aryl methyl sites for hydroxylation is 2. The van der Waals surface area contributed by atoms with Gasteiger partial charge in [-0.25, -0.2) is 4.39 Å². The number of amides is 1. The van der Waals surface area contributed by atoms with Gasteiger partial charge in [0, 0.05) is 30.1 Å². The summed E-state index contributed by atoms with van der Waals surface area (Å²) in [4.78, 5) is 17.8. The van der Waals surface area contributed by atoms with Crippen LogP contribution in [0.3, 0.4) is 0 Å². The molecule has 1 amide bonds. The average molecular weight is 420 g/mol. The Morgan fingerprint density at radius 3 is 2.58 bits per heavy atom. The Balaban J connectivity index is 1.59. The maximum Gasteiger partial charge on any atom is 0.223 e. The van der Waals surface area contributed by atoms with Crippen LogP contribution in [-0.4, -0.2) is 29.9 Å². The van der Waals surface area contributed by atoms with E-state index in [1.807, 2.05) is 43.3 Å². The second-order valence-corrected chi connectivity index (χ2v) is 7.66. The van der Waals surface area contributed by atoms with Gasteiger partial charge in [0.05, 0.1) is 13.7 Å². The number of nitrogens with zero attached hydrogens (tertiary/aromatic N) is 1. The van der Waals surface area contributed by atoms with Gasteiger partial charge in [0.25, 0.3) is 0 Å². The molecule has 31 heavy (non-hydrogen) atoms. The fraction of sp³-hybridized carbons (Fsp3) is 0.240. The van der Waals surface area contributed by atoms with Crippen LogP contribution in [-0.2, 0) is 17.8 Å². The third-order valence-corrected chi connectivity index (χ3v) is 5.45. The predicted octanol–water partition coefficient (Wildman–Crippen LogP) is 5.48. The van der Waals surface area contributed by atoms with Gasteiger partial charge in [0.2, 0.25) is 5.91 Å². The van der Waals surface area contributed by atoms with Crippen LogP contribution in [0, 0.1) is 12.7 Å². The van der Waals surface area contributed by atoms with Gasteiger partial charge in [-0.3, -0.25) is 4.79 Å². The van der Waals surface area contributed by atoms with E-state index in [0.29, 0.717) is 19.4 Å². The van der Waals surface area contributed by atoms with E-state index in [0.717, 1.165) is 45.0 Å². The van der Waals surface area contributed by atoms with Crippen LogP contribution in [0.1, 0.15) is 23.5 Å². The Hall–Kier alpha value is -3.54. The minimum absolute atomic E-state index is 0.000451. The molecule has 4 rings (SSSR count). The molecule has 2 aromatic carbocycles. The number of carbonyl (C=O) groups excluding carboxylic acids is 1. The van der Waals surface area contributed by atoms with E-state index >= 15 is 0 Å². The average Bonchev–Trinajstić information content (AvgIpc) is 3.34. The first-order chi connectivity index (χ1) is 14.9. The van der Waals surface area contributed by atoms with E-state index in [2.05, 4.69) is 4.98 Å². The largest absolute Gasteiger partial charge is 0.497 e. The quantitative estimate of drug-likeness (QED) is 0.431. The number of hydrogen-bond donors (Lipinski definition) is 1. The number of fused-ring (bicyclic) bond motifs is 1. The molecule has 0 aliphatic carbocycles. The molecule has 0 aliphatic heterocycles.